The van der Waals surface area contributed by atoms with E-state index < -0.39 is 11.7 Å². The minimum Gasteiger partial charge on any atom is -0.378 e. The lowest BCUT2D eigenvalue weighted by Crippen LogP contribution is -2.29. The molecule has 0 bridgehead atoms. The van der Waals surface area contributed by atoms with Crippen molar-refractivity contribution in [2.45, 2.75) is 24.6 Å². The van der Waals surface area contributed by atoms with E-state index in [9.17, 15) is 13.2 Å². The van der Waals surface area contributed by atoms with Crippen LogP contribution in [-0.4, -0.2) is 4.98 Å². The van der Waals surface area contributed by atoms with Crippen LogP contribution in [0.15, 0.2) is 54.9 Å². The van der Waals surface area contributed by atoms with Gasteiger partial charge in [-0.15, -0.1) is 0 Å². The maximum absolute atomic E-state index is 13.0. The van der Waals surface area contributed by atoms with E-state index in [2.05, 4.69) is 16.4 Å². The minimum absolute atomic E-state index is 0.0201. The molecule has 2 nitrogen and oxygen atoms in total. The highest BCUT2D eigenvalue weighted by molar-refractivity contribution is 5.61. The van der Waals surface area contributed by atoms with Gasteiger partial charge in [0, 0.05) is 24.0 Å². The Hall–Kier alpha value is -2.30. The molecule has 118 valence electrons. The number of aromatic nitrogens is 1. The molecule has 2 aliphatic rings. The van der Waals surface area contributed by atoms with E-state index in [1.165, 1.54) is 6.07 Å². The highest BCUT2D eigenvalue weighted by Gasteiger charge is 2.39. The molecule has 0 spiro atoms. The highest BCUT2D eigenvalue weighted by Crippen LogP contribution is 2.50. The van der Waals surface area contributed by atoms with E-state index in [4.69, 9.17) is 0 Å². The highest BCUT2D eigenvalue weighted by atomic mass is 19.4. The second-order valence-electron chi connectivity index (χ2n) is 6.06. The fourth-order valence-corrected chi connectivity index (χ4v) is 3.67. The Morgan fingerprint density at radius 3 is 2.61 bits per heavy atom. The molecule has 2 heterocycles. The first-order valence-electron chi connectivity index (χ1n) is 7.58. The Kier molecular flexibility index (Phi) is 3.18. The Morgan fingerprint density at radius 1 is 1.09 bits per heavy atom. The lowest BCUT2D eigenvalue weighted by Gasteiger charge is -2.37. The number of nitrogens with one attached hydrogen (secondary N) is 1. The summed E-state index contributed by atoms with van der Waals surface area (Å²) in [6, 6.07) is 7.99. The predicted octanol–water partition coefficient (Wildman–Crippen LogP) is 4.93. The van der Waals surface area contributed by atoms with Gasteiger partial charge in [0.1, 0.15) is 0 Å². The molecule has 4 rings (SSSR count). The van der Waals surface area contributed by atoms with Crippen molar-refractivity contribution in [2.75, 3.05) is 5.32 Å². The second-order valence-corrected chi connectivity index (χ2v) is 6.06. The molecule has 0 fully saturated rings. The molecule has 2 aromatic rings. The standard InChI is InChI=1S/C18H15F3N2/c19-18(20,21)12-4-5-16-15(10-12)13-2-1-3-14(13)17(23-16)11-6-8-22-9-7-11/h1-2,4-10,13-14,17,23H,3H2/t13-,14+,17+/m1/s1. The Morgan fingerprint density at radius 2 is 1.87 bits per heavy atom. The lowest BCUT2D eigenvalue weighted by atomic mass is 9.77. The van der Waals surface area contributed by atoms with E-state index in [0.717, 1.165) is 29.3 Å². The van der Waals surface area contributed by atoms with Crippen LogP contribution in [0.3, 0.4) is 0 Å². The summed E-state index contributed by atoms with van der Waals surface area (Å²) in [5.74, 6) is 0.250. The minimum atomic E-state index is -4.31. The fraction of sp³-hybridized carbons (Fsp3) is 0.278. The third-order valence-electron chi connectivity index (χ3n) is 4.76. The van der Waals surface area contributed by atoms with Crippen molar-refractivity contribution in [2.24, 2.45) is 5.92 Å². The van der Waals surface area contributed by atoms with Crippen LogP contribution in [0.25, 0.3) is 0 Å². The second kappa shape index (κ2) is 5.11. The molecule has 0 saturated carbocycles. The van der Waals surface area contributed by atoms with Crippen LogP contribution >= 0.6 is 0 Å². The number of allylic oxidation sites excluding steroid dienone is 2. The number of benzene rings is 1. The van der Waals surface area contributed by atoms with Gasteiger partial charge in [0.15, 0.2) is 0 Å². The van der Waals surface area contributed by atoms with Gasteiger partial charge >= 0.3 is 6.18 Å². The molecule has 1 N–H and O–H groups in total. The summed E-state index contributed by atoms with van der Waals surface area (Å²) in [6.07, 6.45) is 4.15. The maximum Gasteiger partial charge on any atom is 0.416 e. The predicted molar refractivity (Wildman–Crippen MR) is 82.0 cm³/mol. The van der Waals surface area contributed by atoms with Crippen LogP contribution in [0.2, 0.25) is 0 Å². The molecule has 3 atom stereocenters. The van der Waals surface area contributed by atoms with Crippen LogP contribution in [0, 0.1) is 5.92 Å². The van der Waals surface area contributed by atoms with E-state index in [1.807, 2.05) is 18.2 Å². The zero-order chi connectivity index (χ0) is 16.0. The number of anilines is 1. The third-order valence-corrected chi connectivity index (χ3v) is 4.76. The molecule has 0 unspecified atom stereocenters. The van der Waals surface area contributed by atoms with Gasteiger partial charge in [-0.2, -0.15) is 13.2 Å². The number of fused-ring (bicyclic) bond motifs is 3. The monoisotopic (exact) mass is 316 g/mol. The topological polar surface area (TPSA) is 24.9 Å². The molecular formula is C18H15F3N2. The number of rotatable bonds is 1. The number of alkyl halides is 3. The molecule has 23 heavy (non-hydrogen) atoms. The number of hydrogen-bond acceptors (Lipinski definition) is 2. The summed E-state index contributed by atoms with van der Waals surface area (Å²) < 4.78 is 39.0. The van der Waals surface area contributed by atoms with Crippen molar-refractivity contribution in [1.82, 2.24) is 4.98 Å². The van der Waals surface area contributed by atoms with Gasteiger partial charge in [0.25, 0.3) is 0 Å². The van der Waals surface area contributed by atoms with Crippen LogP contribution in [0.4, 0.5) is 18.9 Å². The summed E-state index contributed by atoms with van der Waals surface area (Å²) in [5.41, 5.74) is 2.06. The zero-order valence-electron chi connectivity index (χ0n) is 12.2. The molecule has 0 radical (unpaired) electrons. The average molecular weight is 316 g/mol. The maximum atomic E-state index is 13.0. The van der Waals surface area contributed by atoms with E-state index in [0.29, 0.717) is 0 Å². The molecule has 1 aliphatic carbocycles. The normalized spacial score (nSPS) is 25.6. The zero-order valence-corrected chi connectivity index (χ0v) is 12.2. The van der Waals surface area contributed by atoms with Crippen molar-refractivity contribution < 1.29 is 13.2 Å². The van der Waals surface area contributed by atoms with Crippen LogP contribution in [0.5, 0.6) is 0 Å². The van der Waals surface area contributed by atoms with Crippen molar-refractivity contribution in [3.63, 3.8) is 0 Å². The first-order chi connectivity index (χ1) is 11.0. The average Bonchev–Trinajstić information content (AvgIpc) is 3.03. The Bertz CT molecular complexity index is 753. The summed E-state index contributed by atoms with van der Waals surface area (Å²) in [4.78, 5) is 4.04. The molecule has 0 saturated heterocycles. The van der Waals surface area contributed by atoms with Gasteiger partial charge < -0.3 is 5.32 Å². The van der Waals surface area contributed by atoms with Crippen LogP contribution < -0.4 is 5.32 Å². The van der Waals surface area contributed by atoms with Crippen LogP contribution in [-0.2, 0) is 6.18 Å². The Balaban J connectivity index is 1.78. The van der Waals surface area contributed by atoms with Gasteiger partial charge in [-0.3, -0.25) is 4.98 Å². The SMILES string of the molecule is FC(F)(F)c1ccc2c(c1)[C@@H]1C=CC[C@@H]1[C@H](c1ccncc1)N2. The van der Waals surface area contributed by atoms with Gasteiger partial charge in [-0.05, 0) is 53.8 Å². The largest absolute Gasteiger partial charge is 0.416 e. The van der Waals surface area contributed by atoms with E-state index in [-0.39, 0.29) is 17.9 Å². The van der Waals surface area contributed by atoms with Gasteiger partial charge in [0.05, 0.1) is 11.6 Å². The smallest absolute Gasteiger partial charge is 0.378 e. The molecule has 5 heteroatoms. The first-order valence-corrected chi connectivity index (χ1v) is 7.58. The molecule has 0 amide bonds. The molecule has 1 aromatic heterocycles. The van der Waals surface area contributed by atoms with Crippen LogP contribution in [0.1, 0.15) is 35.1 Å². The van der Waals surface area contributed by atoms with Crippen molar-refractivity contribution in [1.29, 1.82) is 0 Å². The summed E-state index contributed by atoms with van der Waals surface area (Å²) in [6.45, 7) is 0. The van der Waals surface area contributed by atoms with Crippen molar-refractivity contribution >= 4 is 5.69 Å². The lowest BCUT2D eigenvalue weighted by molar-refractivity contribution is -0.137. The fourth-order valence-electron chi connectivity index (χ4n) is 3.67. The summed E-state index contributed by atoms with van der Waals surface area (Å²) >= 11 is 0. The number of nitrogens with zero attached hydrogens (tertiary/aromatic N) is 1. The van der Waals surface area contributed by atoms with E-state index >= 15 is 0 Å². The van der Waals surface area contributed by atoms with Gasteiger partial charge in [-0.25, -0.2) is 0 Å². The van der Waals surface area contributed by atoms with Crippen molar-refractivity contribution in [3.8, 4) is 0 Å². The third kappa shape index (κ3) is 2.40. The Labute approximate surface area is 132 Å². The first kappa shape index (κ1) is 14.3. The van der Waals surface area contributed by atoms with Crippen molar-refractivity contribution in [3.05, 3.63) is 71.6 Å². The quantitative estimate of drug-likeness (QED) is 0.755. The number of halogens is 3. The molecule has 1 aromatic carbocycles. The summed E-state index contributed by atoms with van der Waals surface area (Å²) in [5, 5.41) is 3.43. The van der Waals surface area contributed by atoms with E-state index in [1.54, 1.807) is 18.5 Å². The number of pyridine rings is 1. The van der Waals surface area contributed by atoms with Gasteiger partial charge in [-0.1, -0.05) is 12.2 Å². The molecular weight excluding hydrogens is 301 g/mol. The summed E-state index contributed by atoms with van der Waals surface area (Å²) in [7, 11) is 0. The molecule has 1 aliphatic heterocycles. The van der Waals surface area contributed by atoms with Gasteiger partial charge in [0.2, 0.25) is 0 Å². The number of hydrogen-bond donors (Lipinski definition) is 1.